The summed E-state index contributed by atoms with van der Waals surface area (Å²) in [4.78, 5) is 12.6. The van der Waals surface area contributed by atoms with Crippen LogP contribution in [0.3, 0.4) is 0 Å². The lowest BCUT2D eigenvalue weighted by Gasteiger charge is -2.12. The molecule has 0 aliphatic rings. The van der Waals surface area contributed by atoms with E-state index in [9.17, 15) is 4.79 Å². The molecular formula is C25H23ClN4OS. The molecule has 0 aliphatic carbocycles. The van der Waals surface area contributed by atoms with E-state index in [0.717, 1.165) is 16.6 Å². The maximum atomic E-state index is 12.6. The molecule has 0 saturated heterocycles. The number of aryl methyl sites for hydroxylation is 2. The Hall–Kier alpha value is -3.09. The summed E-state index contributed by atoms with van der Waals surface area (Å²) in [6.45, 7) is 4.39. The van der Waals surface area contributed by atoms with Crippen molar-refractivity contribution in [1.29, 1.82) is 0 Å². The van der Waals surface area contributed by atoms with Gasteiger partial charge in [-0.3, -0.25) is 9.36 Å². The predicted octanol–water partition coefficient (Wildman–Crippen LogP) is 5.76. The second-order valence-electron chi connectivity index (χ2n) is 7.45. The summed E-state index contributed by atoms with van der Waals surface area (Å²) in [6.07, 6.45) is 0. The molecule has 0 aliphatic heterocycles. The Labute approximate surface area is 196 Å². The van der Waals surface area contributed by atoms with Crippen LogP contribution in [0, 0.1) is 13.8 Å². The summed E-state index contributed by atoms with van der Waals surface area (Å²) >= 11 is 7.78. The molecule has 1 amide bonds. The molecule has 0 unspecified atom stereocenters. The summed E-state index contributed by atoms with van der Waals surface area (Å²) in [7, 11) is 0. The van der Waals surface area contributed by atoms with E-state index in [1.165, 1.54) is 16.7 Å². The van der Waals surface area contributed by atoms with Crippen LogP contribution in [0.15, 0.2) is 78.0 Å². The Morgan fingerprint density at radius 1 is 0.969 bits per heavy atom. The Morgan fingerprint density at radius 2 is 1.69 bits per heavy atom. The number of amides is 1. The minimum Gasteiger partial charge on any atom is -0.345 e. The molecule has 4 aromatic rings. The molecule has 1 heterocycles. The van der Waals surface area contributed by atoms with E-state index in [1.54, 1.807) is 36.0 Å². The second kappa shape index (κ2) is 10.0. The molecule has 0 saturated carbocycles. The van der Waals surface area contributed by atoms with Gasteiger partial charge in [0.25, 0.3) is 5.91 Å². The van der Waals surface area contributed by atoms with Crippen LogP contribution in [0.4, 0.5) is 0 Å². The molecule has 162 valence electrons. The lowest BCUT2D eigenvalue weighted by atomic mass is 10.1. The van der Waals surface area contributed by atoms with Gasteiger partial charge in [0.15, 0.2) is 11.0 Å². The van der Waals surface area contributed by atoms with Crippen molar-refractivity contribution in [3.8, 4) is 5.69 Å². The molecule has 0 spiro atoms. The maximum Gasteiger partial charge on any atom is 0.253 e. The summed E-state index contributed by atoms with van der Waals surface area (Å²) in [6, 6.07) is 23.5. The third-order valence-corrected chi connectivity index (χ3v) is 6.44. The van der Waals surface area contributed by atoms with Crippen LogP contribution in [0.5, 0.6) is 0 Å². The van der Waals surface area contributed by atoms with Crippen LogP contribution in [-0.2, 0) is 12.3 Å². The van der Waals surface area contributed by atoms with Crippen molar-refractivity contribution in [2.75, 3.05) is 0 Å². The average Bonchev–Trinajstić information content (AvgIpc) is 3.20. The molecule has 3 aromatic carbocycles. The fraction of sp³-hybridized carbons (Fsp3) is 0.160. The molecule has 1 N–H and O–H groups in total. The zero-order valence-electron chi connectivity index (χ0n) is 17.9. The van der Waals surface area contributed by atoms with Gasteiger partial charge in [0, 0.05) is 11.4 Å². The minimum atomic E-state index is -0.247. The zero-order chi connectivity index (χ0) is 22.5. The van der Waals surface area contributed by atoms with Crippen molar-refractivity contribution in [2.24, 2.45) is 0 Å². The molecule has 1 aromatic heterocycles. The number of aromatic nitrogens is 3. The molecular weight excluding hydrogens is 440 g/mol. The van der Waals surface area contributed by atoms with Crippen molar-refractivity contribution >= 4 is 29.3 Å². The summed E-state index contributed by atoms with van der Waals surface area (Å²) in [5, 5.41) is 12.9. The topological polar surface area (TPSA) is 59.8 Å². The first kappa shape index (κ1) is 22.1. The standard InChI is InChI=1S/C25H23ClN4OS/c1-17-11-13-20(14-12-17)30-23(15-27-24(31)21-9-5-6-10-22(21)26)28-29-25(30)32-16-19-8-4-3-7-18(19)2/h3-14H,15-16H2,1-2H3,(H,27,31). The fourth-order valence-corrected chi connectivity index (χ4v) is 4.54. The van der Waals surface area contributed by atoms with Crippen molar-refractivity contribution in [3.63, 3.8) is 0 Å². The minimum absolute atomic E-state index is 0.232. The quantitative estimate of drug-likeness (QED) is 0.355. The number of rotatable bonds is 7. The number of hydrogen-bond donors (Lipinski definition) is 1. The smallest absolute Gasteiger partial charge is 0.253 e. The molecule has 0 fully saturated rings. The first-order valence-corrected chi connectivity index (χ1v) is 11.6. The number of halogens is 1. The van der Waals surface area contributed by atoms with Crippen molar-refractivity contribution < 1.29 is 4.79 Å². The van der Waals surface area contributed by atoms with E-state index in [-0.39, 0.29) is 12.5 Å². The maximum absolute atomic E-state index is 12.6. The average molecular weight is 463 g/mol. The van der Waals surface area contributed by atoms with Gasteiger partial charge in [0.05, 0.1) is 17.1 Å². The third-order valence-electron chi connectivity index (χ3n) is 5.14. The highest BCUT2D eigenvalue weighted by molar-refractivity contribution is 7.98. The van der Waals surface area contributed by atoms with Crippen molar-refractivity contribution in [2.45, 2.75) is 31.3 Å². The first-order chi connectivity index (χ1) is 15.5. The number of hydrogen-bond acceptors (Lipinski definition) is 4. The fourth-order valence-electron chi connectivity index (χ4n) is 3.28. The van der Waals surface area contributed by atoms with E-state index in [2.05, 4.69) is 53.6 Å². The first-order valence-electron chi connectivity index (χ1n) is 10.2. The van der Waals surface area contributed by atoms with Crippen LogP contribution in [0.25, 0.3) is 5.69 Å². The highest BCUT2D eigenvalue weighted by Crippen LogP contribution is 2.27. The van der Waals surface area contributed by atoms with E-state index < -0.39 is 0 Å². The SMILES string of the molecule is Cc1ccc(-n2c(CNC(=O)c3ccccc3Cl)nnc2SCc2ccccc2C)cc1. The third kappa shape index (κ3) is 5.03. The summed E-state index contributed by atoms with van der Waals surface area (Å²) in [5.74, 6) is 1.19. The van der Waals surface area contributed by atoms with Gasteiger partial charge in [-0.05, 0) is 49.2 Å². The molecule has 4 rings (SSSR count). The number of benzene rings is 3. The van der Waals surface area contributed by atoms with Gasteiger partial charge in [0.1, 0.15) is 0 Å². The molecule has 5 nitrogen and oxygen atoms in total. The second-order valence-corrected chi connectivity index (χ2v) is 8.80. The highest BCUT2D eigenvalue weighted by Gasteiger charge is 2.17. The van der Waals surface area contributed by atoms with E-state index in [0.29, 0.717) is 16.4 Å². The van der Waals surface area contributed by atoms with Crippen LogP contribution in [0.2, 0.25) is 5.02 Å². The van der Waals surface area contributed by atoms with Gasteiger partial charge < -0.3 is 5.32 Å². The summed E-state index contributed by atoms with van der Waals surface area (Å²) in [5.41, 5.74) is 5.06. The lowest BCUT2D eigenvalue weighted by molar-refractivity contribution is 0.0950. The molecule has 0 atom stereocenters. The predicted molar refractivity (Wildman–Crippen MR) is 129 cm³/mol. The number of carbonyl (C=O) groups excluding carboxylic acids is 1. The normalized spacial score (nSPS) is 10.8. The van der Waals surface area contributed by atoms with Crippen LogP contribution in [-0.4, -0.2) is 20.7 Å². The Kier molecular flexibility index (Phi) is 6.93. The lowest BCUT2D eigenvalue weighted by Crippen LogP contribution is -2.25. The number of thioether (sulfide) groups is 1. The number of nitrogens with one attached hydrogen (secondary N) is 1. The van der Waals surface area contributed by atoms with Gasteiger partial charge in [-0.2, -0.15) is 0 Å². The van der Waals surface area contributed by atoms with Crippen LogP contribution in [0.1, 0.15) is 32.9 Å². The van der Waals surface area contributed by atoms with Gasteiger partial charge in [0.2, 0.25) is 0 Å². The van der Waals surface area contributed by atoms with Gasteiger partial charge in [-0.25, -0.2) is 0 Å². The molecule has 32 heavy (non-hydrogen) atoms. The number of carbonyl (C=O) groups is 1. The zero-order valence-corrected chi connectivity index (χ0v) is 19.5. The Morgan fingerprint density at radius 3 is 2.44 bits per heavy atom. The number of nitrogens with zero attached hydrogens (tertiary/aromatic N) is 3. The van der Waals surface area contributed by atoms with E-state index >= 15 is 0 Å². The Bertz CT molecular complexity index is 1240. The van der Waals surface area contributed by atoms with Crippen molar-refractivity contribution in [3.05, 3.63) is 106 Å². The Balaban J connectivity index is 1.59. The highest BCUT2D eigenvalue weighted by atomic mass is 35.5. The van der Waals surface area contributed by atoms with Crippen LogP contribution >= 0.6 is 23.4 Å². The largest absolute Gasteiger partial charge is 0.345 e. The molecule has 7 heteroatoms. The van der Waals surface area contributed by atoms with E-state index in [4.69, 9.17) is 11.6 Å². The van der Waals surface area contributed by atoms with Crippen molar-refractivity contribution in [1.82, 2.24) is 20.1 Å². The monoisotopic (exact) mass is 462 g/mol. The van der Waals surface area contributed by atoms with Gasteiger partial charge in [-0.15, -0.1) is 10.2 Å². The van der Waals surface area contributed by atoms with Gasteiger partial charge in [-0.1, -0.05) is 77.5 Å². The molecule has 0 radical (unpaired) electrons. The summed E-state index contributed by atoms with van der Waals surface area (Å²) < 4.78 is 2.00. The van der Waals surface area contributed by atoms with Gasteiger partial charge >= 0.3 is 0 Å². The molecule has 0 bridgehead atoms. The van der Waals surface area contributed by atoms with E-state index in [1.807, 2.05) is 28.8 Å². The van der Waals surface area contributed by atoms with Crippen LogP contribution < -0.4 is 5.32 Å².